The molecule has 0 aliphatic rings. The van der Waals surface area contributed by atoms with Crippen molar-refractivity contribution >= 4 is 12.0 Å². The maximum Gasteiger partial charge on any atom is 0.330 e. The van der Waals surface area contributed by atoms with Gasteiger partial charge in [0, 0.05) is 6.08 Å². The van der Waals surface area contributed by atoms with Gasteiger partial charge in [-0.05, 0) is 36.3 Å². The molecule has 0 bridgehead atoms. The van der Waals surface area contributed by atoms with E-state index < -0.39 is 5.97 Å². The highest BCUT2D eigenvalue weighted by molar-refractivity contribution is 5.87. The number of benzene rings is 2. The van der Waals surface area contributed by atoms with Crippen LogP contribution < -0.4 is 9.47 Å². The highest BCUT2D eigenvalue weighted by atomic mass is 16.5. The smallest absolute Gasteiger partial charge is 0.330 e. The van der Waals surface area contributed by atoms with E-state index in [-0.39, 0.29) is 0 Å². The van der Waals surface area contributed by atoms with Gasteiger partial charge in [-0.2, -0.15) is 0 Å². The molecule has 0 radical (unpaired) electrons. The zero-order chi connectivity index (χ0) is 16.7. The van der Waals surface area contributed by atoms with Gasteiger partial charge in [0.05, 0.1) is 14.2 Å². The molecule has 0 fully saturated rings. The molecule has 2 aromatic rings. The van der Waals surface area contributed by atoms with E-state index in [1.165, 1.54) is 18.7 Å². The molecule has 4 heteroatoms. The van der Waals surface area contributed by atoms with Crippen molar-refractivity contribution in [3.05, 3.63) is 65.2 Å². The second-order valence-corrected chi connectivity index (χ2v) is 5.04. The van der Waals surface area contributed by atoms with Gasteiger partial charge in [0.2, 0.25) is 0 Å². The van der Waals surface area contributed by atoms with Crippen molar-refractivity contribution < 1.29 is 19.0 Å². The minimum absolute atomic E-state index is 0.400. The van der Waals surface area contributed by atoms with Crippen LogP contribution >= 0.6 is 0 Å². The molecule has 0 amide bonds. The van der Waals surface area contributed by atoms with Crippen LogP contribution in [-0.2, 0) is 16.1 Å². The predicted molar refractivity (Wildman–Crippen MR) is 89.6 cm³/mol. The molecule has 0 saturated carbocycles. The van der Waals surface area contributed by atoms with Crippen molar-refractivity contribution in [2.24, 2.45) is 0 Å². The van der Waals surface area contributed by atoms with E-state index in [0.29, 0.717) is 18.1 Å². The minimum Gasteiger partial charge on any atom is -0.493 e. The van der Waals surface area contributed by atoms with Crippen LogP contribution in [0.4, 0.5) is 0 Å². The molecule has 23 heavy (non-hydrogen) atoms. The van der Waals surface area contributed by atoms with Crippen LogP contribution in [0.3, 0.4) is 0 Å². The fraction of sp³-hybridized carbons (Fsp3) is 0.211. The second-order valence-electron chi connectivity index (χ2n) is 5.04. The Morgan fingerprint density at radius 2 is 1.78 bits per heavy atom. The first-order valence-electron chi connectivity index (χ1n) is 7.25. The van der Waals surface area contributed by atoms with Crippen LogP contribution in [0.25, 0.3) is 6.08 Å². The summed E-state index contributed by atoms with van der Waals surface area (Å²) in [4.78, 5) is 11.2. The average Bonchev–Trinajstić information content (AvgIpc) is 2.59. The summed E-state index contributed by atoms with van der Waals surface area (Å²) in [5.74, 6) is 0.871. The Hall–Kier alpha value is -2.75. The van der Waals surface area contributed by atoms with Crippen molar-refractivity contribution in [1.29, 1.82) is 0 Å². The molecule has 0 spiro atoms. The van der Waals surface area contributed by atoms with Crippen LogP contribution in [0.1, 0.15) is 16.7 Å². The molecule has 0 aromatic heterocycles. The number of rotatable bonds is 6. The number of methoxy groups -OCH3 is 2. The van der Waals surface area contributed by atoms with Gasteiger partial charge in [-0.25, -0.2) is 4.79 Å². The van der Waals surface area contributed by atoms with Crippen LogP contribution in [0.15, 0.2) is 48.5 Å². The Morgan fingerprint density at radius 1 is 1.04 bits per heavy atom. The topological polar surface area (TPSA) is 44.8 Å². The summed E-state index contributed by atoms with van der Waals surface area (Å²) in [7, 11) is 2.94. The van der Waals surface area contributed by atoms with Gasteiger partial charge < -0.3 is 14.2 Å². The Balaban J connectivity index is 2.13. The molecule has 0 aliphatic heterocycles. The third-order valence-corrected chi connectivity index (χ3v) is 3.32. The van der Waals surface area contributed by atoms with Gasteiger partial charge in [-0.3, -0.25) is 0 Å². The molecule has 0 atom stereocenters. The van der Waals surface area contributed by atoms with Gasteiger partial charge in [0.25, 0.3) is 0 Å². The molecule has 4 nitrogen and oxygen atoms in total. The lowest BCUT2D eigenvalue weighted by Crippen LogP contribution is -1.98. The maximum atomic E-state index is 11.2. The maximum absolute atomic E-state index is 11.2. The van der Waals surface area contributed by atoms with E-state index >= 15 is 0 Å². The molecule has 0 N–H and O–H groups in total. The molecule has 2 aromatic carbocycles. The zero-order valence-electron chi connectivity index (χ0n) is 13.5. The summed E-state index contributed by atoms with van der Waals surface area (Å²) in [5.41, 5.74) is 3.12. The number of hydrogen-bond acceptors (Lipinski definition) is 4. The SMILES string of the molecule is COC(=O)/C=C/c1ccc(OC)c(OCc2ccc(C)cc2)c1. The predicted octanol–water partition coefficient (Wildman–Crippen LogP) is 3.77. The molecule has 0 aliphatic carbocycles. The molecule has 120 valence electrons. The number of aryl methyl sites for hydroxylation is 1. The van der Waals surface area contributed by atoms with Crippen LogP contribution in [0.5, 0.6) is 11.5 Å². The Labute approximate surface area is 136 Å². The van der Waals surface area contributed by atoms with Crippen LogP contribution in [0.2, 0.25) is 0 Å². The molecule has 0 heterocycles. The van der Waals surface area contributed by atoms with Crippen LogP contribution in [-0.4, -0.2) is 20.2 Å². The van der Waals surface area contributed by atoms with Gasteiger partial charge in [0.15, 0.2) is 11.5 Å². The quantitative estimate of drug-likeness (QED) is 0.601. The Bertz CT molecular complexity index is 687. The number of carbonyl (C=O) groups excluding carboxylic acids is 1. The largest absolute Gasteiger partial charge is 0.493 e. The van der Waals surface area contributed by atoms with Crippen LogP contribution in [0, 0.1) is 6.92 Å². The highest BCUT2D eigenvalue weighted by Crippen LogP contribution is 2.29. The first-order valence-corrected chi connectivity index (χ1v) is 7.25. The number of esters is 1. The minimum atomic E-state index is -0.400. The van der Waals surface area contributed by atoms with E-state index in [9.17, 15) is 4.79 Å². The fourth-order valence-electron chi connectivity index (χ4n) is 1.99. The Morgan fingerprint density at radius 3 is 2.43 bits per heavy atom. The summed E-state index contributed by atoms with van der Waals surface area (Å²) >= 11 is 0. The van der Waals surface area contributed by atoms with E-state index in [1.54, 1.807) is 19.3 Å². The average molecular weight is 312 g/mol. The van der Waals surface area contributed by atoms with Crippen molar-refractivity contribution in [2.45, 2.75) is 13.5 Å². The lowest BCUT2D eigenvalue weighted by molar-refractivity contribution is -0.134. The van der Waals surface area contributed by atoms with E-state index in [2.05, 4.69) is 4.74 Å². The second kappa shape index (κ2) is 8.03. The van der Waals surface area contributed by atoms with Gasteiger partial charge in [-0.15, -0.1) is 0 Å². The van der Waals surface area contributed by atoms with Gasteiger partial charge >= 0.3 is 5.97 Å². The van der Waals surface area contributed by atoms with E-state index in [1.807, 2.05) is 43.3 Å². The first kappa shape index (κ1) is 16.6. The normalized spacial score (nSPS) is 10.6. The molecule has 0 unspecified atom stereocenters. The third-order valence-electron chi connectivity index (χ3n) is 3.32. The van der Waals surface area contributed by atoms with Crippen molar-refractivity contribution in [1.82, 2.24) is 0 Å². The summed E-state index contributed by atoms with van der Waals surface area (Å²) in [5, 5.41) is 0. The molecule has 2 rings (SSSR count). The van der Waals surface area contributed by atoms with Gasteiger partial charge in [0.1, 0.15) is 6.61 Å². The molecule has 0 saturated heterocycles. The standard InChI is InChI=1S/C19H20O4/c1-14-4-6-16(7-5-14)13-23-18-12-15(8-10-17(18)21-2)9-11-19(20)22-3/h4-12H,13H2,1-3H3/b11-9+. The number of ether oxygens (including phenoxy) is 3. The summed E-state index contributed by atoms with van der Waals surface area (Å²) in [6.07, 6.45) is 3.04. The molecular formula is C19H20O4. The first-order chi connectivity index (χ1) is 11.1. The van der Waals surface area contributed by atoms with Gasteiger partial charge in [-0.1, -0.05) is 35.9 Å². The van der Waals surface area contributed by atoms with Crippen molar-refractivity contribution in [2.75, 3.05) is 14.2 Å². The highest BCUT2D eigenvalue weighted by Gasteiger charge is 2.06. The van der Waals surface area contributed by atoms with E-state index in [0.717, 1.165) is 11.1 Å². The zero-order valence-corrected chi connectivity index (χ0v) is 13.5. The lowest BCUT2D eigenvalue weighted by atomic mass is 10.1. The summed E-state index contributed by atoms with van der Waals surface area (Å²) in [6.45, 7) is 2.49. The summed E-state index contributed by atoms with van der Waals surface area (Å²) in [6, 6.07) is 13.6. The monoisotopic (exact) mass is 312 g/mol. The molecular weight excluding hydrogens is 292 g/mol. The summed E-state index contributed by atoms with van der Waals surface area (Å²) < 4.78 is 15.7. The Kier molecular flexibility index (Phi) is 5.80. The third kappa shape index (κ3) is 4.88. The number of carbonyl (C=O) groups is 1. The van der Waals surface area contributed by atoms with E-state index in [4.69, 9.17) is 9.47 Å². The van der Waals surface area contributed by atoms with Crippen molar-refractivity contribution in [3.8, 4) is 11.5 Å². The lowest BCUT2D eigenvalue weighted by Gasteiger charge is -2.11. The number of hydrogen-bond donors (Lipinski definition) is 0. The fourth-order valence-corrected chi connectivity index (χ4v) is 1.99. The van der Waals surface area contributed by atoms with Crippen molar-refractivity contribution in [3.63, 3.8) is 0 Å².